The Labute approximate surface area is 125 Å². The lowest BCUT2D eigenvalue weighted by atomic mass is 10.0. The van der Waals surface area contributed by atoms with Crippen LogP contribution in [0.25, 0.3) is 0 Å². The number of hydrogen-bond acceptors (Lipinski definition) is 3. The molecule has 21 heavy (non-hydrogen) atoms. The van der Waals surface area contributed by atoms with Crippen LogP contribution in [0.15, 0.2) is 30.3 Å². The minimum Gasteiger partial charge on any atom is -0.481 e. The van der Waals surface area contributed by atoms with Crippen molar-refractivity contribution in [1.82, 2.24) is 5.32 Å². The standard InChI is InChI=1S/C16H24N2O3/c1-2-6-13(11-16(20)21)18-15(19)10-9-14(17)12-7-4-3-5-8-12/h3-5,7-8,13-14H,2,6,9-11,17H2,1H3,(H,18,19)(H,20,21). The van der Waals surface area contributed by atoms with Crippen LogP contribution in [0.5, 0.6) is 0 Å². The van der Waals surface area contributed by atoms with E-state index in [1.165, 1.54) is 0 Å². The van der Waals surface area contributed by atoms with E-state index in [-0.39, 0.29) is 24.4 Å². The van der Waals surface area contributed by atoms with Crippen LogP contribution >= 0.6 is 0 Å². The second kappa shape index (κ2) is 9.13. The molecular weight excluding hydrogens is 268 g/mol. The minimum absolute atomic E-state index is 0.0374. The Bertz CT molecular complexity index is 448. The van der Waals surface area contributed by atoms with Crippen molar-refractivity contribution in [2.75, 3.05) is 0 Å². The molecule has 116 valence electrons. The molecule has 2 atom stereocenters. The highest BCUT2D eigenvalue weighted by molar-refractivity contribution is 5.77. The SMILES string of the molecule is CCCC(CC(=O)O)NC(=O)CCC(N)c1ccccc1. The molecule has 1 aromatic carbocycles. The maximum Gasteiger partial charge on any atom is 0.305 e. The molecule has 5 nitrogen and oxygen atoms in total. The lowest BCUT2D eigenvalue weighted by Gasteiger charge is -2.17. The van der Waals surface area contributed by atoms with Crippen molar-refractivity contribution in [3.63, 3.8) is 0 Å². The van der Waals surface area contributed by atoms with Gasteiger partial charge in [-0.3, -0.25) is 9.59 Å². The molecule has 0 saturated carbocycles. The number of carbonyl (C=O) groups is 2. The molecule has 0 aromatic heterocycles. The Morgan fingerprint density at radius 2 is 1.90 bits per heavy atom. The number of carboxylic acids is 1. The average Bonchev–Trinajstić information content (AvgIpc) is 2.45. The predicted octanol–water partition coefficient (Wildman–Crippen LogP) is 2.23. The minimum atomic E-state index is -0.894. The van der Waals surface area contributed by atoms with Crippen LogP contribution in [0, 0.1) is 0 Å². The van der Waals surface area contributed by atoms with Crippen molar-refractivity contribution in [2.24, 2.45) is 5.73 Å². The van der Waals surface area contributed by atoms with E-state index in [1.54, 1.807) is 0 Å². The van der Waals surface area contributed by atoms with Crippen molar-refractivity contribution < 1.29 is 14.7 Å². The molecule has 0 radical (unpaired) electrons. The number of amides is 1. The lowest BCUT2D eigenvalue weighted by Crippen LogP contribution is -2.36. The molecule has 0 heterocycles. The van der Waals surface area contributed by atoms with Gasteiger partial charge in [-0.25, -0.2) is 0 Å². The zero-order valence-corrected chi connectivity index (χ0v) is 12.4. The number of rotatable bonds is 9. The first-order chi connectivity index (χ1) is 10.0. The summed E-state index contributed by atoms with van der Waals surface area (Å²) in [5.74, 6) is -1.03. The van der Waals surface area contributed by atoms with Crippen LogP contribution in [0.4, 0.5) is 0 Å². The summed E-state index contributed by atoms with van der Waals surface area (Å²) < 4.78 is 0. The number of hydrogen-bond donors (Lipinski definition) is 3. The zero-order valence-electron chi connectivity index (χ0n) is 12.4. The van der Waals surface area contributed by atoms with Gasteiger partial charge in [-0.15, -0.1) is 0 Å². The third kappa shape index (κ3) is 6.90. The fraction of sp³-hybridized carbons (Fsp3) is 0.500. The van der Waals surface area contributed by atoms with Gasteiger partial charge in [-0.1, -0.05) is 43.7 Å². The molecule has 0 aliphatic heterocycles. The van der Waals surface area contributed by atoms with Gasteiger partial charge in [-0.05, 0) is 18.4 Å². The Kier molecular flexibility index (Phi) is 7.46. The van der Waals surface area contributed by atoms with Gasteiger partial charge in [0.2, 0.25) is 5.91 Å². The number of carboxylic acid groups (broad SMARTS) is 1. The number of nitrogens with two attached hydrogens (primary N) is 1. The number of aliphatic carboxylic acids is 1. The maximum absolute atomic E-state index is 11.9. The Hall–Kier alpha value is -1.88. The molecule has 0 aliphatic carbocycles. The molecule has 0 fully saturated rings. The number of nitrogens with one attached hydrogen (secondary N) is 1. The van der Waals surface area contributed by atoms with E-state index in [1.807, 2.05) is 37.3 Å². The van der Waals surface area contributed by atoms with E-state index < -0.39 is 5.97 Å². The van der Waals surface area contributed by atoms with E-state index in [0.717, 1.165) is 12.0 Å². The smallest absolute Gasteiger partial charge is 0.305 e. The van der Waals surface area contributed by atoms with Crippen molar-refractivity contribution >= 4 is 11.9 Å². The maximum atomic E-state index is 11.9. The van der Waals surface area contributed by atoms with Crippen molar-refractivity contribution in [3.05, 3.63) is 35.9 Å². The monoisotopic (exact) mass is 292 g/mol. The Balaban J connectivity index is 2.40. The number of carbonyl (C=O) groups excluding carboxylic acids is 1. The highest BCUT2D eigenvalue weighted by atomic mass is 16.4. The molecule has 0 spiro atoms. The second-order valence-electron chi connectivity index (χ2n) is 5.21. The Morgan fingerprint density at radius 1 is 1.24 bits per heavy atom. The summed E-state index contributed by atoms with van der Waals surface area (Å²) in [7, 11) is 0. The lowest BCUT2D eigenvalue weighted by molar-refractivity contribution is -0.137. The van der Waals surface area contributed by atoms with Gasteiger partial charge in [0.15, 0.2) is 0 Å². The van der Waals surface area contributed by atoms with Crippen molar-refractivity contribution in [3.8, 4) is 0 Å². The predicted molar refractivity (Wildman–Crippen MR) is 81.7 cm³/mol. The first-order valence-corrected chi connectivity index (χ1v) is 7.34. The summed E-state index contributed by atoms with van der Waals surface area (Å²) in [5.41, 5.74) is 7.04. The molecule has 1 aromatic rings. The van der Waals surface area contributed by atoms with Crippen LogP contribution in [-0.2, 0) is 9.59 Å². The van der Waals surface area contributed by atoms with Crippen LogP contribution < -0.4 is 11.1 Å². The van der Waals surface area contributed by atoms with Gasteiger partial charge in [-0.2, -0.15) is 0 Å². The van der Waals surface area contributed by atoms with E-state index >= 15 is 0 Å². The van der Waals surface area contributed by atoms with Crippen LogP contribution in [-0.4, -0.2) is 23.0 Å². The van der Waals surface area contributed by atoms with Crippen molar-refractivity contribution in [1.29, 1.82) is 0 Å². The fourth-order valence-corrected chi connectivity index (χ4v) is 2.24. The summed E-state index contributed by atoms with van der Waals surface area (Å²) in [6, 6.07) is 9.15. The molecule has 1 amide bonds. The van der Waals surface area contributed by atoms with E-state index in [2.05, 4.69) is 5.32 Å². The fourth-order valence-electron chi connectivity index (χ4n) is 2.24. The topological polar surface area (TPSA) is 92.4 Å². The van der Waals surface area contributed by atoms with Crippen LogP contribution in [0.2, 0.25) is 0 Å². The average molecular weight is 292 g/mol. The summed E-state index contributed by atoms with van der Waals surface area (Å²) >= 11 is 0. The normalized spacial score (nSPS) is 13.4. The van der Waals surface area contributed by atoms with Gasteiger partial charge in [0, 0.05) is 18.5 Å². The quantitative estimate of drug-likeness (QED) is 0.650. The van der Waals surface area contributed by atoms with Gasteiger partial charge < -0.3 is 16.2 Å². The largest absolute Gasteiger partial charge is 0.481 e. The zero-order chi connectivity index (χ0) is 15.7. The molecule has 0 aliphatic rings. The van der Waals surface area contributed by atoms with Crippen molar-refractivity contribution in [2.45, 2.75) is 51.1 Å². The first-order valence-electron chi connectivity index (χ1n) is 7.34. The third-order valence-electron chi connectivity index (χ3n) is 3.33. The third-order valence-corrected chi connectivity index (χ3v) is 3.33. The first kappa shape index (κ1) is 17.2. The van der Waals surface area contributed by atoms with Gasteiger partial charge >= 0.3 is 5.97 Å². The summed E-state index contributed by atoms with van der Waals surface area (Å²) in [5, 5.41) is 11.6. The van der Waals surface area contributed by atoms with Gasteiger partial charge in [0.25, 0.3) is 0 Å². The van der Waals surface area contributed by atoms with Gasteiger partial charge in [0.1, 0.15) is 0 Å². The molecule has 0 saturated heterocycles. The molecule has 5 heteroatoms. The molecular formula is C16H24N2O3. The summed E-state index contributed by atoms with van der Waals surface area (Å²) in [4.78, 5) is 22.6. The summed E-state index contributed by atoms with van der Waals surface area (Å²) in [6.45, 7) is 1.96. The number of benzene rings is 1. The molecule has 4 N–H and O–H groups in total. The highest BCUT2D eigenvalue weighted by Crippen LogP contribution is 2.15. The van der Waals surface area contributed by atoms with Crippen LogP contribution in [0.1, 0.15) is 50.6 Å². The Morgan fingerprint density at radius 3 is 2.48 bits per heavy atom. The van der Waals surface area contributed by atoms with E-state index in [9.17, 15) is 9.59 Å². The van der Waals surface area contributed by atoms with Gasteiger partial charge in [0.05, 0.1) is 6.42 Å². The highest BCUT2D eigenvalue weighted by Gasteiger charge is 2.16. The van der Waals surface area contributed by atoms with Crippen LogP contribution in [0.3, 0.4) is 0 Å². The second-order valence-corrected chi connectivity index (χ2v) is 5.21. The van der Waals surface area contributed by atoms with E-state index in [0.29, 0.717) is 19.3 Å². The summed E-state index contributed by atoms with van der Waals surface area (Å²) in [6.07, 6.45) is 2.31. The molecule has 0 bridgehead atoms. The molecule has 1 rings (SSSR count). The molecule has 2 unspecified atom stereocenters. The van der Waals surface area contributed by atoms with E-state index in [4.69, 9.17) is 10.8 Å².